The van der Waals surface area contributed by atoms with Crippen molar-refractivity contribution in [1.29, 1.82) is 0 Å². The minimum atomic E-state index is -0.669. The van der Waals surface area contributed by atoms with Gasteiger partial charge in [-0.2, -0.15) is 0 Å². The lowest BCUT2D eigenvalue weighted by Gasteiger charge is -2.24. The molecule has 6 nitrogen and oxygen atoms in total. The van der Waals surface area contributed by atoms with E-state index in [0.29, 0.717) is 5.69 Å². The van der Waals surface area contributed by atoms with E-state index in [4.69, 9.17) is 4.52 Å². The Kier molecular flexibility index (Phi) is 3.00. The molecule has 1 aliphatic carbocycles. The zero-order valence-corrected chi connectivity index (χ0v) is 10.7. The Labute approximate surface area is 111 Å². The van der Waals surface area contributed by atoms with Crippen LogP contribution < -0.4 is 5.32 Å². The van der Waals surface area contributed by atoms with Crippen LogP contribution in [0.4, 0.5) is 4.79 Å². The fourth-order valence-electron chi connectivity index (χ4n) is 2.97. The maximum absolute atomic E-state index is 12.6. The van der Waals surface area contributed by atoms with Crippen LogP contribution in [0.2, 0.25) is 0 Å². The lowest BCUT2D eigenvalue weighted by Crippen LogP contribution is -2.46. The van der Waals surface area contributed by atoms with Gasteiger partial charge in [-0.1, -0.05) is 30.8 Å². The molecule has 3 rings (SSSR count). The molecule has 1 saturated heterocycles. The third-order valence-electron chi connectivity index (χ3n) is 4.01. The van der Waals surface area contributed by atoms with Crippen molar-refractivity contribution in [3.63, 3.8) is 0 Å². The number of nitrogens with one attached hydrogen (secondary N) is 1. The molecule has 1 aromatic heterocycles. The summed E-state index contributed by atoms with van der Waals surface area (Å²) in [5, 5.41) is 6.65. The predicted octanol–water partition coefficient (Wildman–Crippen LogP) is 1.82. The average Bonchev–Trinajstić information content (AvgIpc) is 2.89. The minimum absolute atomic E-state index is 0.109. The van der Waals surface area contributed by atoms with E-state index in [0.717, 1.165) is 38.5 Å². The quantitative estimate of drug-likeness (QED) is 0.826. The Morgan fingerprint density at radius 2 is 2.00 bits per heavy atom. The highest BCUT2D eigenvalue weighted by molar-refractivity contribution is 6.06. The van der Waals surface area contributed by atoms with E-state index in [1.807, 2.05) is 0 Å². The fraction of sp³-hybridized carbons (Fsp3) is 0.615. The number of aromatic nitrogens is 1. The molecule has 1 saturated carbocycles. The van der Waals surface area contributed by atoms with Crippen molar-refractivity contribution < 1.29 is 14.1 Å². The third kappa shape index (κ3) is 2.11. The maximum atomic E-state index is 12.6. The highest BCUT2D eigenvalue weighted by Gasteiger charge is 2.50. The summed E-state index contributed by atoms with van der Waals surface area (Å²) in [6.45, 7) is 0.183. The number of hydrogen-bond acceptors (Lipinski definition) is 4. The summed E-state index contributed by atoms with van der Waals surface area (Å²) in [6, 6.07) is 1.36. The van der Waals surface area contributed by atoms with Crippen molar-refractivity contribution in [3.8, 4) is 0 Å². The third-order valence-corrected chi connectivity index (χ3v) is 4.01. The van der Waals surface area contributed by atoms with Crippen LogP contribution in [0.15, 0.2) is 16.9 Å². The van der Waals surface area contributed by atoms with Gasteiger partial charge in [0.1, 0.15) is 17.5 Å². The summed E-state index contributed by atoms with van der Waals surface area (Å²) < 4.78 is 4.73. The molecule has 1 spiro atoms. The second-order valence-electron chi connectivity index (χ2n) is 5.31. The predicted molar refractivity (Wildman–Crippen MR) is 66.0 cm³/mol. The zero-order valence-electron chi connectivity index (χ0n) is 10.7. The van der Waals surface area contributed by atoms with Crippen LogP contribution in [0.25, 0.3) is 0 Å². The van der Waals surface area contributed by atoms with E-state index in [-0.39, 0.29) is 18.5 Å². The SMILES string of the molecule is O=C1NC2(CCCCCC2)C(=O)N1Cc1ccon1. The number of carbonyl (C=O) groups excluding carboxylic acids is 2. The van der Waals surface area contributed by atoms with Crippen LogP contribution >= 0.6 is 0 Å². The Morgan fingerprint density at radius 1 is 1.26 bits per heavy atom. The summed E-state index contributed by atoms with van der Waals surface area (Å²) in [5.41, 5.74) is -0.0775. The second-order valence-corrected chi connectivity index (χ2v) is 5.31. The molecule has 19 heavy (non-hydrogen) atoms. The minimum Gasteiger partial charge on any atom is -0.364 e. The van der Waals surface area contributed by atoms with Gasteiger partial charge in [0, 0.05) is 6.07 Å². The normalized spacial score (nSPS) is 22.6. The van der Waals surface area contributed by atoms with Gasteiger partial charge in [-0.3, -0.25) is 9.69 Å². The summed E-state index contributed by atoms with van der Waals surface area (Å²) in [4.78, 5) is 25.8. The van der Waals surface area contributed by atoms with Crippen molar-refractivity contribution in [1.82, 2.24) is 15.4 Å². The second kappa shape index (κ2) is 4.68. The molecule has 1 aliphatic heterocycles. The van der Waals surface area contributed by atoms with Crippen molar-refractivity contribution in [3.05, 3.63) is 18.0 Å². The largest absolute Gasteiger partial charge is 0.364 e. The molecule has 6 heteroatoms. The van der Waals surface area contributed by atoms with Crippen molar-refractivity contribution in [2.75, 3.05) is 0 Å². The first-order chi connectivity index (χ1) is 9.21. The van der Waals surface area contributed by atoms with Crippen LogP contribution in [0.1, 0.15) is 44.2 Å². The van der Waals surface area contributed by atoms with Crippen molar-refractivity contribution >= 4 is 11.9 Å². The highest BCUT2D eigenvalue weighted by atomic mass is 16.5. The van der Waals surface area contributed by atoms with Crippen molar-refractivity contribution in [2.24, 2.45) is 0 Å². The number of hydrogen-bond donors (Lipinski definition) is 1. The summed E-state index contributed by atoms with van der Waals surface area (Å²) in [5.74, 6) is -0.109. The Balaban J connectivity index is 1.80. The number of amides is 3. The van der Waals surface area contributed by atoms with E-state index in [2.05, 4.69) is 10.5 Å². The highest BCUT2D eigenvalue weighted by Crippen LogP contribution is 2.33. The van der Waals surface area contributed by atoms with Gasteiger partial charge in [0.2, 0.25) is 0 Å². The molecule has 102 valence electrons. The van der Waals surface area contributed by atoms with Gasteiger partial charge in [0.25, 0.3) is 5.91 Å². The van der Waals surface area contributed by atoms with E-state index in [1.165, 1.54) is 11.2 Å². The number of carbonyl (C=O) groups is 2. The number of nitrogens with zero attached hydrogens (tertiary/aromatic N) is 2. The Morgan fingerprint density at radius 3 is 2.63 bits per heavy atom. The van der Waals surface area contributed by atoms with Gasteiger partial charge in [-0.05, 0) is 12.8 Å². The number of imide groups is 1. The van der Waals surface area contributed by atoms with Gasteiger partial charge < -0.3 is 9.84 Å². The molecule has 0 atom stereocenters. The van der Waals surface area contributed by atoms with E-state index in [1.54, 1.807) is 6.07 Å². The molecule has 2 fully saturated rings. The Bertz CT molecular complexity index is 475. The first kappa shape index (κ1) is 12.2. The lowest BCUT2D eigenvalue weighted by molar-refractivity contribution is -0.132. The zero-order chi connectivity index (χ0) is 13.3. The summed E-state index contributed by atoms with van der Waals surface area (Å²) >= 11 is 0. The number of rotatable bonds is 2. The lowest BCUT2D eigenvalue weighted by atomic mass is 9.90. The molecule has 1 aromatic rings. The fourth-order valence-corrected chi connectivity index (χ4v) is 2.97. The maximum Gasteiger partial charge on any atom is 0.325 e. The molecule has 0 unspecified atom stereocenters. The van der Waals surface area contributed by atoms with Gasteiger partial charge in [0.15, 0.2) is 0 Å². The average molecular weight is 263 g/mol. The molecule has 3 amide bonds. The van der Waals surface area contributed by atoms with Gasteiger partial charge in [-0.25, -0.2) is 4.79 Å². The first-order valence-corrected chi connectivity index (χ1v) is 6.75. The number of urea groups is 1. The van der Waals surface area contributed by atoms with E-state index in [9.17, 15) is 9.59 Å². The van der Waals surface area contributed by atoms with E-state index >= 15 is 0 Å². The molecular weight excluding hydrogens is 246 g/mol. The molecule has 1 N–H and O–H groups in total. The van der Waals surface area contributed by atoms with Gasteiger partial charge in [0.05, 0.1) is 6.54 Å². The summed E-state index contributed by atoms with van der Waals surface area (Å²) in [6.07, 6.45) is 7.17. The topological polar surface area (TPSA) is 75.4 Å². The molecule has 2 heterocycles. The standard InChI is InChI=1S/C13H17N3O3/c17-11-13(6-3-1-2-4-7-13)14-12(18)16(11)9-10-5-8-19-15-10/h5,8H,1-4,6-7,9H2,(H,14,18). The van der Waals surface area contributed by atoms with Crippen LogP contribution in [0.3, 0.4) is 0 Å². The van der Waals surface area contributed by atoms with Crippen LogP contribution in [-0.2, 0) is 11.3 Å². The monoisotopic (exact) mass is 263 g/mol. The molecular formula is C13H17N3O3. The Hall–Kier alpha value is -1.85. The molecule has 0 bridgehead atoms. The smallest absolute Gasteiger partial charge is 0.325 e. The molecule has 0 radical (unpaired) electrons. The van der Waals surface area contributed by atoms with Gasteiger partial charge in [-0.15, -0.1) is 0 Å². The van der Waals surface area contributed by atoms with Crippen LogP contribution in [0.5, 0.6) is 0 Å². The van der Waals surface area contributed by atoms with Gasteiger partial charge >= 0.3 is 6.03 Å². The van der Waals surface area contributed by atoms with Crippen LogP contribution in [0, 0.1) is 0 Å². The van der Waals surface area contributed by atoms with Crippen molar-refractivity contribution in [2.45, 2.75) is 50.6 Å². The van der Waals surface area contributed by atoms with Crippen LogP contribution in [-0.4, -0.2) is 27.5 Å². The molecule has 2 aliphatic rings. The first-order valence-electron chi connectivity index (χ1n) is 6.75. The molecule has 0 aromatic carbocycles. The summed E-state index contributed by atoms with van der Waals surface area (Å²) in [7, 11) is 0. The van der Waals surface area contributed by atoms with E-state index < -0.39 is 5.54 Å².